The zero-order chi connectivity index (χ0) is 23.1. The van der Waals surface area contributed by atoms with Crippen molar-refractivity contribution >= 4 is 17.6 Å². The maximum atomic E-state index is 13.0. The molecular formula is C25H33N3O4. The number of amides is 2. The summed E-state index contributed by atoms with van der Waals surface area (Å²) in [5.41, 5.74) is 1.60. The second kappa shape index (κ2) is 11.0. The third kappa shape index (κ3) is 6.22. The van der Waals surface area contributed by atoms with Gasteiger partial charge in [-0.2, -0.15) is 0 Å². The molecule has 7 nitrogen and oxygen atoms in total. The molecule has 1 aromatic carbocycles. The van der Waals surface area contributed by atoms with Crippen molar-refractivity contribution in [2.24, 2.45) is 11.8 Å². The Labute approximate surface area is 190 Å². The van der Waals surface area contributed by atoms with E-state index in [1.165, 1.54) is 0 Å². The van der Waals surface area contributed by atoms with E-state index >= 15 is 0 Å². The molecule has 2 aromatic rings. The largest absolute Gasteiger partial charge is 0.493 e. The first-order valence-corrected chi connectivity index (χ1v) is 11.2. The van der Waals surface area contributed by atoms with Crippen LogP contribution in [0.5, 0.6) is 11.5 Å². The number of pyridine rings is 1. The van der Waals surface area contributed by atoms with Crippen molar-refractivity contribution in [3.05, 3.63) is 47.7 Å². The minimum Gasteiger partial charge on any atom is -0.493 e. The second-order valence-electron chi connectivity index (χ2n) is 8.67. The van der Waals surface area contributed by atoms with Gasteiger partial charge in [-0.1, -0.05) is 19.9 Å². The molecule has 2 heterocycles. The van der Waals surface area contributed by atoms with Gasteiger partial charge in [0.1, 0.15) is 5.82 Å². The number of nitrogens with one attached hydrogen (secondary N) is 1. The van der Waals surface area contributed by atoms with Gasteiger partial charge in [0.05, 0.1) is 13.7 Å². The molecule has 7 heteroatoms. The summed E-state index contributed by atoms with van der Waals surface area (Å²) in [4.78, 5) is 31.6. The molecule has 172 valence electrons. The lowest BCUT2D eigenvalue weighted by Crippen LogP contribution is -2.41. The fourth-order valence-electron chi connectivity index (χ4n) is 3.62. The molecule has 1 aliphatic rings. The van der Waals surface area contributed by atoms with Crippen LogP contribution in [0.4, 0.5) is 5.82 Å². The first-order valence-electron chi connectivity index (χ1n) is 11.2. The van der Waals surface area contributed by atoms with Crippen molar-refractivity contribution in [1.82, 2.24) is 9.88 Å². The Balaban J connectivity index is 1.55. The monoisotopic (exact) mass is 439 g/mol. The molecule has 1 aliphatic heterocycles. The lowest BCUT2D eigenvalue weighted by molar-refractivity contribution is -0.121. The molecule has 0 spiro atoms. The van der Waals surface area contributed by atoms with Gasteiger partial charge in [0.25, 0.3) is 5.91 Å². The van der Waals surface area contributed by atoms with Crippen molar-refractivity contribution in [2.75, 3.05) is 32.1 Å². The highest BCUT2D eigenvalue weighted by molar-refractivity contribution is 5.95. The lowest BCUT2D eigenvalue weighted by atomic mass is 9.95. The molecule has 0 radical (unpaired) electrons. The van der Waals surface area contributed by atoms with Crippen LogP contribution in [0.1, 0.15) is 49.0 Å². The molecule has 0 bridgehead atoms. The average Bonchev–Trinajstić information content (AvgIpc) is 2.80. The number of carbonyl (C=O) groups excluding carboxylic acids is 2. The number of methoxy groups -OCH3 is 1. The number of nitrogens with zero attached hydrogens (tertiary/aromatic N) is 2. The fourth-order valence-corrected chi connectivity index (χ4v) is 3.62. The molecule has 0 atom stereocenters. The molecule has 2 amide bonds. The zero-order valence-electron chi connectivity index (χ0n) is 19.4. The van der Waals surface area contributed by atoms with Gasteiger partial charge in [-0.05, 0) is 61.9 Å². The van der Waals surface area contributed by atoms with Crippen molar-refractivity contribution in [3.63, 3.8) is 0 Å². The zero-order valence-corrected chi connectivity index (χ0v) is 19.4. The normalized spacial score (nSPS) is 14.3. The number of hydrogen-bond acceptors (Lipinski definition) is 5. The van der Waals surface area contributed by atoms with Crippen LogP contribution in [0, 0.1) is 18.8 Å². The lowest BCUT2D eigenvalue weighted by Gasteiger charge is -2.31. The van der Waals surface area contributed by atoms with Crippen LogP contribution in [-0.4, -0.2) is 48.5 Å². The van der Waals surface area contributed by atoms with E-state index in [2.05, 4.69) is 24.1 Å². The predicted octanol–water partition coefficient (Wildman–Crippen LogP) is 4.31. The number of anilines is 1. The molecule has 1 aromatic heterocycles. The Bertz CT molecular complexity index is 919. The summed E-state index contributed by atoms with van der Waals surface area (Å²) in [5, 5.41) is 2.88. The van der Waals surface area contributed by atoms with Crippen LogP contribution in [0.15, 0.2) is 36.5 Å². The first-order chi connectivity index (χ1) is 15.4. The smallest absolute Gasteiger partial charge is 0.253 e. The van der Waals surface area contributed by atoms with E-state index in [4.69, 9.17) is 9.47 Å². The Morgan fingerprint density at radius 1 is 1.16 bits per heavy atom. The minimum absolute atomic E-state index is 0.0435. The number of rotatable bonds is 8. The third-order valence-corrected chi connectivity index (χ3v) is 5.68. The van der Waals surface area contributed by atoms with Crippen molar-refractivity contribution in [2.45, 2.75) is 40.0 Å². The predicted molar refractivity (Wildman–Crippen MR) is 124 cm³/mol. The summed E-state index contributed by atoms with van der Waals surface area (Å²) in [5.74, 6) is 2.08. The number of aromatic nitrogens is 1. The maximum Gasteiger partial charge on any atom is 0.253 e. The Morgan fingerprint density at radius 3 is 2.53 bits per heavy atom. The van der Waals surface area contributed by atoms with Gasteiger partial charge in [0.2, 0.25) is 5.91 Å². The topological polar surface area (TPSA) is 80.8 Å². The van der Waals surface area contributed by atoms with Crippen molar-refractivity contribution < 1.29 is 19.1 Å². The maximum absolute atomic E-state index is 13.0. The summed E-state index contributed by atoms with van der Waals surface area (Å²) in [6, 6.07) is 9.02. The first kappa shape index (κ1) is 23.6. The molecular weight excluding hydrogens is 406 g/mol. The van der Waals surface area contributed by atoms with E-state index in [0.717, 1.165) is 12.0 Å². The number of ether oxygens (including phenoxy) is 2. The van der Waals surface area contributed by atoms with Gasteiger partial charge in [0.15, 0.2) is 11.5 Å². The van der Waals surface area contributed by atoms with E-state index in [1.807, 2.05) is 13.0 Å². The summed E-state index contributed by atoms with van der Waals surface area (Å²) in [6.07, 6.45) is 3.92. The summed E-state index contributed by atoms with van der Waals surface area (Å²) in [7, 11) is 1.58. The van der Waals surface area contributed by atoms with Crippen LogP contribution in [-0.2, 0) is 4.79 Å². The van der Waals surface area contributed by atoms with E-state index in [9.17, 15) is 9.59 Å². The fraction of sp³-hybridized carbons (Fsp3) is 0.480. The van der Waals surface area contributed by atoms with Crippen LogP contribution in [0.3, 0.4) is 0 Å². The van der Waals surface area contributed by atoms with Crippen LogP contribution in [0.2, 0.25) is 0 Å². The number of benzene rings is 1. The molecule has 0 aliphatic carbocycles. The molecule has 0 unspecified atom stereocenters. The summed E-state index contributed by atoms with van der Waals surface area (Å²) < 4.78 is 11.3. The van der Waals surface area contributed by atoms with Gasteiger partial charge in [-0.25, -0.2) is 4.98 Å². The Kier molecular flexibility index (Phi) is 8.09. The standard InChI is InChI=1S/C25H33N3O4/c1-17(2)11-14-32-21-7-6-20(15-22(21)31-4)25(30)28-12-9-19(10-13-28)24(29)27-23-8-5-18(3)16-26-23/h5-8,15-17,19H,9-14H2,1-4H3,(H,26,27,29). The van der Waals surface area contributed by atoms with E-state index in [1.54, 1.807) is 42.5 Å². The SMILES string of the molecule is COc1cc(C(=O)N2CCC(C(=O)Nc3ccc(C)cn3)CC2)ccc1OCCC(C)C. The highest BCUT2D eigenvalue weighted by Crippen LogP contribution is 2.30. The highest BCUT2D eigenvalue weighted by Gasteiger charge is 2.28. The van der Waals surface area contributed by atoms with Gasteiger partial charge >= 0.3 is 0 Å². The van der Waals surface area contributed by atoms with Crippen LogP contribution >= 0.6 is 0 Å². The number of carbonyl (C=O) groups is 2. The summed E-state index contributed by atoms with van der Waals surface area (Å²) in [6.45, 7) is 7.92. The van der Waals surface area contributed by atoms with Crippen LogP contribution < -0.4 is 14.8 Å². The minimum atomic E-state index is -0.131. The van der Waals surface area contributed by atoms with Crippen molar-refractivity contribution in [1.29, 1.82) is 0 Å². The molecule has 0 saturated carbocycles. The van der Waals surface area contributed by atoms with E-state index < -0.39 is 0 Å². The molecule has 1 saturated heterocycles. The van der Waals surface area contributed by atoms with Gasteiger partial charge in [-0.3, -0.25) is 9.59 Å². The van der Waals surface area contributed by atoms with Gasteiger partial charge < -0.3 is 19.7 Å². The molecule has 32 heavy (non-hydrogen) atoms. The van der Waals surface area contributed by atoms with Gasteiger partial charge in [-0.15, -0.1) is 0 Å². The number of likely N-dealkylation sites (tertiary alicyclic amines) is 1. The molecule has 3 rings (SSSR count). The molecule has 1 fully saturated rings. The Hall–Kier alpha value is -3.09. The van der Waals surface area contributed by atoms with E-state index in [0.29, 0.717) is 61.3 Å². The summed E-state index contributed by atoms with van der Waals surface area (Å²) >= 11 is 0. The third-order valence-electron chi connectivity index (χ3n) is 5.68. The quantitative estimate of drug-likeness (QED) is 0.663. The number of piperidine rings is 1. The van der Waals surface area contributed by atoms with Crippen molar-refractivity contribution in [3.8, 4) is 11.5 Å². The average molecular weight is 440 g/mol. The van der Waals surface area contributed by atoms with E-state index in [-0.39, 0.29) is 17.7 Å². The van der Waals surface area contributed by atoms with Gasteiger partial charge in [0, 0.05) is 30.8 Å². The number of hydrogen-bond donors (Lipinski definition) is 1. The highest BCUT2D eigenvalue weighted by atomic mass is 16.5. The van der Waals surface area contributed by atoms with Crippen LogP contribution in [0.25, 0.3) is 0 Å². The second-order valence-corrected chi connectivity index (χ2v) is 8.67. The Morgan fingerprint density at radius 2 is 1.91 bits per heavy atom. The number of aryl methyl sites for hydroxylation is 1. The molecule has 1 N–H and O–H groups in total.